The molecule has 0 aliphatic rings. The van der Waals surface area contributed by atoms with Crippen molar-refractivity contribution >= 4 is 95.9 Å². The first-order valence-corrected chi connectivity index (χ1v) is 0. The van der Waals surface area contributed by atoms with Crippen molar-refractivity contribution in [2.75, 3.05) is 0 Å². The third kappa shape index (κ3) is 18.3. The Kier molecular flexibility index (Phi) is 192. The standard InChI is InChI=1S/4HI.Ta/h4*1H;. The molecule has 0 rings (SSSR count). The van der Waals surface area contributed by atoms with Crippen LogP contribution >= 0.6 is 95.9 Å². The van der Waals surface area contributed by atoms with Gasteiger partial charge in [-0.2, -0.15) is 0 Å². The van der Waals surface area contributed by atoms with Crippen LogP contribution in [0.4, 0.5) is 0 Å². The maximum Gasteiger partial charge on any atom is 0 e. The normalized spacial score (nSPS) is 0. The Balaban J connectivity index is 0. The Hall–Kier alpha value is 3.66. The van der Waals surface area contributed by atoms with Crippen LogP contribution in [0.1, 0.15) is 0 Å². The number of halogens is 4. The summed E-state index contributed by atoms with van der Waals surface area (Å²) in [4.78, 5) is 0. The third-order valence-corrected chi connectivity index (χ3v) is 0. The molecule has 0 aliphatic heterocycles. The van der Waals surface area contributed by atoms with Gasteiger partial charge in [-0.15, -0.1) is 95.9 Å². The van der Waals surface area contributed by atoms with Crippen molar-refractivity contribution in [3.63, 3.8) is 0 Å². The molecule has 0 amide bonds. The zero-order chi connectivity index (χ0) is 0. The van der Waals surface area contributed by atoms with Crippen molar-refractivity contribution in [3.8, 4) is 0 Å². The molecular weight excluding hydrogens is 689 g/mol. The van der Waals surface area contributed by atoms with E-state index in [2.05, 4.69) is 0 Å². The molecule has 0 N–H and O–H groups in total. The Bertz CT molecular complexity index is 3.61. The summed E-state index contributed by atoms with van der Waals surface area (Å²) in [7, 11) is 0. The second-order valence-corrected chi connectivity index (χ2v) is 0. The quantitative estimate of drug-likeness (QED) is 0.343. The third-order valence-electron chi connectivity index (χ3n) is 0. The SMILES string of the molecule is I.I.I.I.[Ta]. The zero-order valence-electron chi connectivity index (χ0n) is 2.08. The van der Waals surface area contributed by atoms with Crippen molar-refractivity contribution in [2.24, 2.45) is 0 Å². The van der Waals surface area contributed by atoms with E-state index in [9.17, 15) is 0 Å². The minimum atomic E-state index is 0. The molecule has 5 heteroatoms. The summed E-state index contributed by atoms with van der Waals surface area (Å²) in [6, 6.07) is 0. The van der Waals surface area contributed by atoms with Gasteiger partial charge >= 0.3 is 0 Å². The fourth-order valence-electron chi connectivity index (χ4n) is 0. The van der Waals surface area contributed by atoms with Crippen LogP contribution < -0.4 is 0 Å². The molecule has 0 aromatic carbocycles. The second-order valence-electron chi connectivity index (χ2n) is 0. The van der Waals surface area contributed by atoms with Crippen LogP contribution in [0.5, 0.6) is 0 Å². The molecule has 5 heavy (non-hydrogen) atoms. The smallest absolute Gasteiger partial charge is 0 e. The molecule has 0 aromatic rings. The molecule has 0 bridgehead atoms. The Morgan fingerprint density at radius 1 is 0.400 bits per heavy atom. The van der Waals surface area contributed by atoms with E-state index in [0.717, 1.165) is 0 Å². The first kappa shape index (κ1) is 37.9. The summed E-state index contributed by atoms with van der Waals surface area (Å²) >= 11 is 0. The molecular formula is H4I4Ta. The van der Waals surface area contributed by atoms with Gasteiger partial charge in [-0.25, -0.2) is 0 Å². The maximum absolute atomic E-state index is 0. The molecule has 0 aliphatic carbocycles. The molecule has 0 atom stereocenters. The number of rotatable bonds is 0. The first-order chi connectivity index (χ1) is 0. The predicted molar refractivity (Wildman–Crippen MR) is 61.7 cm³/mol. The van der Waals surface area contributed by atoms with Gasteiger partial charge in [-0.1, -0.05) is 0 Å². The van der Waals surface area contributed by atoms with Crippen molar-refractivity contribution in [1.29, 1.82) is 0 Å². The number of hydrogen-bond acceptors (Lipinski definition) is 0. The molecule has 0 saturated heterocycles. The monoisotopic (exact) mass is 693 g/mol. The van der Waals surface area contributed by atoms with Gasteiger partial charge in [-0.05, 0) is 0 Å². The van der Waals surface area contributed by atoms with Gasteiger partial charge in [0.1, 0.15) is 0 Å². The second kappa shape index (κ2) is 25.4. The fraction of sp³-hybridized carbons (Fsp3) is 0. The van der Waals surface area contributed by atoms with Gasteiger partial charge in [0.2, 0.25) is 0 Å². The van der Waals surface area contributed by atoms with Crippen LogP contribution in [0.15, 0.2) is 0 Å². The molecule has 0 saturated carbocycles. The zero-order valence-corrected chi connectivity index (χ0v) is 14.6. The van der Waals surface area contributed by atoms with E-state index in [-0.39, 0.29) is 118 Å². The van der Waals surface area contributed by atoms with E-state index < -0.39 is 0 Å². The maximum atomic E-state index is 0. The molecule has 0 heterocycles. The van der Waals surface area contributed by atoms with Gasteiger partial charge in [-0.3, -0.25) is 0 Å². The fourth-order valence-corrected chi connectivity index (χ4v) is 0. The Morgan fingerprint density at radius 2 is 0.400 bits per heavy atom. The average Bonchev–Trinajstić information content (AvgIpc) is 0. The average molecular weight is 693 g/mol. The van der Waals surface area contributed by atoms with E-state index in [1.165, 1.54) is 0 Å². The molecule has 0 fully saturated rings. The van der Waals surface area contributed by atoms with Crippen molar-refractivity contribution in [3.05, 3.63) is 0 Å². The summed E-state index contributed by atoms with van der Waals surface area (Å²) in [6.45, 7) is 0. The number of hydrogen-bond donors (Lipinski definition) is 0. The first-order valence-electron chi connectivity index (χ1n) is 0. The van der Waals surface area contributed by atoms with Crippen LogP contribution in [-0.2, 0) is 22.4 Å². The molecule has 37 valence electrons. The largest absolute Gasteiger partial charge is 0.107 e. The summed E-state index contributed by atoms with van der Waals surface area (Å²) in [6.07, 6.45) is 0. The van der Waals surface area contributed by atoms with Crippen molar-refractivity contribution in [2.45, 2.75) is 0 Å². The topological polar surface area (TPSA) is 0 Å². The van der Waals surface area contributed by atoms with Crippen LogP contribution in [0.2, 0.25) is 0 Å². The van der Waals surface area contributed by atoms with Crippen LogP contribution in [0.25, 0.3) is 0 Å². The van der Waals surface area contributed by atoms with Gasteiger partial charge in [0, 0.05) is 22.4 Å². The van der Waals surface area contributed by atoms with Gasteiger partial charge < -0.3 is 0 Å². The van der Waals surface area contributed by atoms with Gasteiger partial charge in [0.25, 0.3) is 0 Å². The summed E-state index contributed by atoms with van der Waals surface area (Å²) in [5, 5.41) is 0. The van der Waals surface area contributed by atoms with Crippen LogP contribution in [0.3, 0.4) is 0 Å². The van der Waals surface area contributed by atoms with E-state index in [1.54, 1.807) is 0 Å². The predicted octanol–water partition coefficient (Wildman–Crippen LogP) is 2.47. The van der Waals surface area contributed by atoms with Gasteiger partial charge in [0.15, 0.2) is 0 Å². The summed E-state index contributed by atoms with van der Waals surface area (Å²) in [5.74, 6) is 0. The Labute approximate surface area is 116 Å². The van der Waals surface area contributed by atoms with Gasteiger partial charge in [0.05, 0.1) is 0 Å². The van der Waals surface area contributed by atoms with E-state index >= 15 is 0 Å². The van der Waals surface area contributed by atoms with Crippen LogP contribution in [-0.4, -0.2) is 0 Å². The minimum absolute atomic E-state index is 0. The Morgan fingerprint density at radius 3 is 0.400 bits per heavy atom. The van der Waals surface area contributed by atoms with Crippen molar-refractivity contribution in [1.82, 2.24) is 0 Å². The molecule has 0 nitrogen and oxygen atoms in total. The summed E-state index contributed by atoms with van der Waals surface area (Å²) in [5.41, 5.74) is 0. The van der Waals surface area contributed by atoms with E-state index in [0.29, 0.717) is 0 Å². The molecule has 1 radical (unpaired) electrons. The minimum Gasteiger partial charge on any atom is -0.107 e. The van der Waals surface area contributed by atoms with Crippen molar-refractivity contribution < 1.29 is 22.4 Å². The molecule has 0 spiro atoms. The van der Waals surface area contributed by atoms with Crippen LogP contribution in [0, 0.1) is 0 Å². The van der Waals surface area contributed by atoms with E-state index in [4.69, 9.17) is 0 Å². The summed E-state index contributed by atoms with van der Waals surface area (Å²) < 4.78 is 0. The molecule has 0 aromatic heterocycles. The molecule has 0 unspecified atom stereocenters. The van der Waals surface area contributed by atoms with E-state index in [1.807, 2.05) is 0 Å².